The molecule has 0 bridgehead atoms. The molecule has 0 spiro atoms. The van der Waals surface area contributed by atoms with Gasteiger partial charge in [0.1, 0.15) is 5.82 Å². The summed E-state index contributed by atoms with van der Waals surface area (Å²) in [5.41, 5.74) is 0.196. The Morgan fingerprint density at radius 1 is 1.07 bits per heavy atom. The van der Waals surface area contributed by atoms with E-state index in [0.29, 0.717) is 15.7 Å². The molecule has 1 aliphatic heterocycles. The SMILES string of the molecule is O=C1CC(C(=O)NC2CCCCC2)c2c(nc(Nc3cc(Cl)cc(Cl)c3)[nH]c2=O)N1. The number of nitrogens with one attached hydrogen (secondary N) is 4. The third-order valence-electron chi connectivity index (χ3n) is 5.34. The highest BCUT2D eigenvalue weighted by molar-refractivity contribution is 6.35. The van der Waals surface area contributed by atoms with Gasteiger partial charge < -0.3 is 16.0 Å². The number of halogens is 2. The molecule has 2 heterocycles. The molecule has 2 amide bonds. The number of aromatic amines is 1. The van der Waals surface area contributed by atoms with Crippen molar-refractivity contribution in [1.29, 1.82) is 0 Å². The van der Waals surface area contributed by atoms with Crippen LogP contribution in [0.25, 0.3) is 0 Å². The second-order valence-corrected chi connectivity index (χ2v) is 8.48. The van der Waals surface area contributed by atoms with Gasteiger partial charge >= 0.3 is 0 Å². The fraction of sp³-hybridized carbons (Fsp3) is 0.400. The van der Waals surface area contributed by atoms with Crippen LogP contribution >= 0.6 is 23.2 Å². The average molecular weight is 450 g/mol. The summed E-state index contributed by atoms with van der Waals surface area (Å²) in [5, 5.41) is 9.34. The molecule has 1 aromatic carbocycles. The summed E-state index contributed by atoms with van der Waals surface area (Å²) in [5.74, 6) is -1.37. The van der Waals surface area contributed by atoms with E-state index >= 15 is 0 Å². The molecule has 30 heavy (non-hydrogen) atoms. The zero-order valence-corrected chi connectivity index (χ0v) is 17.6. The van der Waals surface area contributed by atoms with Gasteiger partial charge in [0.15, 0.2) is 0 Å². The first-order chi connectivity index (χ1) is 14.4. The van der Waals surface area contributed by atoms with Crippen LogP contribution in [0.4, 0.5) is 17.5 Å². The third kappa shape index (κ3) is 4.60. The van der Waals surface area contributed by atoms with Crippen molar-refractivity contribution in [2.24, 2.45) is 0 Å². The molecule has 2 aromatic rings. The Hall–Kier alpha value is -2.58. The van der Waals surface area contributed by atoms with E-state index < -0.39 is 11.5 Å². The molecular weight excluding hydrogens is 429 g/mol. The van der Waals surface area contributed by atoms with Crippen LogP contribution in [-0.2, 0) is 9.59 Å². The van der Waals surface area contributed by atoms with Crippen molar-refractivity contribution in [3.05, 3.63) is 44.2 Å². The van der Waals surface area contributed by atoms with Crippen LogP contribution in [0.1, 0.15) is 50.0 Å². The van der Waals surface area contributed by atoms with E-state index in [0.717, 1.165) is 32.1 Å². The highest BCUT2D eigenvalue weighted by atomic mass is 35.5. The fourth-order valence-corrected chi connectivity index (χ4v) is 4.49. The van der Waals surface area contributed by atoms with Crippen molar-refractivity contribution in [2.75, 3.05) is 10.6 Å². The van der Waals surface area contributed by atoms with Gasteiger partial charge in [0, 0.05) is 28.2 Å². The summed E-state index contributed by atoms with van der Waals surface area (Å²) in [6.45, 7) is 0. The molecule has 158 valence electrons. The largest absolute Gasteiger partial charge is 0.353 e. The molecule has 1 atom stereocenters. The lowest BCUT2D eigenvalue weighted by molar-refractivity contribution is -0.127. The van der Waals surface area contributed by atoms with Gasteiger partial charge in [-0.15, -0.1) is 0 Å². The number of H-pyrrole nitrogens is 1. The lowest BCUT2D eigenvalue weighted by atomic mass is 9.90. The Morgan fingerprint density at radius 3 is 2.47 bits per heavy atom. The van der Waals surface area contributed by atoms with E-state index in [4.69, 9.17) is 23.2 Å². The molecule has 8 nitrogen and oxygen atoms in total. The number of hydrogen-bond acceptors (Lipinski definition) is 5. The lowest BCUT2D eigenvalue weighted by Gasteiger charge is -2.28. The van der Waals surface area contributed by atoms with E-state index in [1.54, 1.807) is 18.2 Å². The van der Waals surface area contributed by atoms with Gasteiger partial charge in [-0.2, -0.15) is 4.98 Å². The van der Waals surface area contributed by atoms with Gasteiger partial charge in [0.2, 0.25) is 17.8 Å². The highest BCUT2D eigenvalue weighted by Crippen LogP contribution is 2.30. The molecule has 0 saturated heterocycles. The van der Waals surface area contributed by atoms with E-state index in [1.165, 1.54) is 0 Å². The number of hydrogen-bond donors (Lipinski definition) is 4. The Labute approximate surface area is 182 Å². The minimum Gasteiger partial charge on any atom is -0.353 e. The molecule has 1 aliphatic carbocycles. The van der Waals surface area contributed by atoms with Crippen LogP contribution in [0.5, 0.6) is 0 Å². The summed E-state index contributed by atoms with van der Waals surface area (Å²) < 4.78 is 0. The minimum absolute atomic E-state index is 0.0782. The predicted octanol–water partition coefficient (Wildman–Crippen LogP) is 3.70. The molecule has 1 aromatic heterocycles. The van der Waals surface area contributed by atoms with Gasteiger partial charge in [0.25, 0.3) is 5.56 Å². The predicted molar refractivity (Wildman–Crippen MR) is 116 cm³/mol. The Morgan fingerprint density at radius 2 is 1.77 bits per heavy atom. The third-order valence-corrected chi connectivity index (χ3v) is 5.78. The summed E-state index contributed by atoms with van der Waals surface area (Å²) in [4.78, 5) is 44.8. The van der Waals surface area contributed by atoms with Crippen molar-refractivity contribution in [3.8, 4) is 0 Å². The molecule has 10 heteroatoms. The molecule has 2 aliphatic rings. The van der Waals surface area contributed by atoms with Crippen LogP contribution in [0.3, 0.4) is 0 Å². The molecular formula is C20H21Cl2N5O3. The number of rotatable bonds is 4. The van der Waals surface area contributed by atoms with Gasteiger partial charge in [-0.1, -0.05) is 42.5 Å². The van der Waals surface area contributed by atoms with Crippen molar-refractivity contribution < 1.29 is 9.59 Å². The average Bonchev–Trinajstić information content (AvgIpc) is 2.67. The Kier molecular flexibility index (Phi) is 5.97. The molecule has 1 saturated carbocycles. The normalized spacial score (nSPS) is 19.0. The maximum Gasteiger partial charge on any atom is 0.258 e. The monoisotopic (exact) mass is 449 g/mol. The van der Waals surface area contributed by atoms with Crippen LogP contribution in [0.15, 0.2) is 23.0 Å². The maximum absolute atomic E-state index is 12.9. The zero-order chi connectivity index (χ0) is 21.3. The number of nitrogens with zero attached hydrogens (tertiary/aromatic N) is 1. The van der Waals surface area contributed by atoms with Gasteiger partial charge in [-0.25, -0.2) is 0 Å². The number of anilines is 3. The topological polar surface area (TPSA) is 116 Å². The molecule has 1 fully saturated rings. The lowest BCUT2D eigenvalue weighted by Crippen LogP contribution is -2.43. The van der Waals surface area contributed by atoms with E-state index in [1.807, 2.05) is 0 Å². The molecule has 0 radical (unpaired) electrons. The van der Waals surface area contributed by atoms with Crippen molar-refractivity contribution in [1.82, 2.24) is 15.3 Å². The molecule has 4 rings (SSSR count). The first-order valence-corrected chi connectivity index (χ1v) is 10.6. The van der Waals surface area contributed by atoms with Crippen LogP contribution in [0.2, 0.25) is 10.0 Å². The standard InChI is InChI=1S/C20H21Cl2N5O3/c21-10-6-11(22)8-13(7-10)24-20-26-17-16(19(30)27-20)14(9-15(28)25-17)18(29)23-12-4-2-1-3-5-12/h6-8,12,14H,1-5,9H2,(H,23,29)(H3,24,25,26,27,28,30). The van der Waals surface area contributed by atoms with Crippen molar-refractivity contribution >= 4 is 52.5 Å². The van der Waals surface area contributed by atoms with E-state index in [2.05, 4.69) is 25.9 Å². The number of carbonyl (C=O) groups excluding carboxylic acids is 2. The number of benzene rings is 1. The fourth-order valence-electron chi connectivity index (χ4n) is 3.97. The van der Waals surface area contributed by atoms with Crippen LogP contribution < -0.4 is 21.5 Å². The first-order valence-electron chi connectivity index (χ1n) is 9.86. The summed E-state index contributed by atoms with van der Waals surface area (Å²) >= 11 is 12.0. The van der Waals surface area contributed by atoms with Crippen molar-refractivity contribution in [2.45, 2.75) is 50.5 Å². The first kappa shape index (κ1) is 20.7. The quantitative estimate of drug-likeness (QED) is 0.567. The second kappa shape index (κ2) is 8.65. The van der Waals surface area contributed by atoms with Crippen LogP contribution in [-0.4, -0.2) is 27.8 Å². The number of aromatic nitrogens is 2. The van der Waals surface area contributed by atoms with Gasteiger partial charge in [-0.05, 0) is 31.0 Å². The minimum atomic E-state index is -0.874. The zero-order valence-electron chi connectivity index (χ0n) is 16.1. The van der Waals surface area contributed by atoms with Gasteiger partial charge in [0.05, 0.1) is 11.5 Å². The summed E-state index contributed by atoms with van der Waals surface area (Å²) in [6, 6.07) is 4.89. The summed E-state index contributed by atoms with van der Waals surface area (Å²) in [6.07, 6.45) is 5.04. The summed E-state index contributed by atoms with van der Waals surface area (Å²) in [7, 11) is 0. The molecule has 4 N–H and O–H groups in total. The van der Waals surface area contributed by atoms with Crippen LogP contribution in [0, 0.1) is 0 Å². The number of fused-ring (bicyclic) bond motifs is 1. The van der Waals surface area contributed by atoms with Gasteiger partial charge in [-0.3, -0.25) is 19.4 Å². The Bertz CT molecular complexity index is 1030. The second-order valence-electron chi connectivity index (χ2n) is 7.61. The maximum atomic E-state index is 12.9. The smallest absolute Gasteiger partial charge is 0.258 e. The van der Waals surface area contributed by atoms with E-state index in [9.17, 15) is 14.4 Å². The van der Waals surface area contributed by atoms with E-state index in [-0.39, 0.29) is 41.6 Å². The highest BCUT2D eigenvalue weighted by Gasteiger charge is 2.35. The number of carbonyl (C=O) groups is 2. The molecule has 1 unspecified atom stereocenters. The Balaban J connectivity index is 1.60. The number of amides is 2. The van der Waals surface area contributed by atoms with Crippen molar-refractivity contribution in [3.63, 3.8) is 0 Å².